The highest BCUT2D eigenvalue weighted by molar-refractivity contribution is 5.13. The van der Waals surface area contributed by atoms with Gasteiger partial charge in [0.15, 0.2) is 0 Å². The Morgan fingerprint density at radius 1 is 1.67 bits per heavy atom. The van der Waals surface area contributed by atoms with Crippen molar-refractivity contribution in [2.24, 2.45) is 11.8 Å². The van der Waals surface area contributed by atoms with Gasteiger partial charge in [0.2, 0.25) is 0 Å². The molecule has 4 nitrogen and oxygen atoms in total. The zero-order valence-electron chi connectivity index (χ0n) is 9.53. The molecule has 3 N–H and O–H groups in total. The zero-order chi connectivity index (χ0) is 10.8. The molecule has 2 rings (SSSR count). The van der Waals surface area contributed by atoms with Crippen LogP contribution in [0.2, 0.25) is 0 Å². The maximum absolute atomic E-state index is 5.62. The van der Waals surface area contributed by atoms with Gasteiger partial charge in [-0.05, 0) is 32.3 Å². The maximum atomic E-state index is 5.62. The lowest BCUT2D eigenvalue weighted by molar-refractivity contribution is 0.446. The number of hydrogen-bond donors (Lipinski definition) is 2. The summed E-state index contributed by atoms with van der Waals surface area (Å²) in [5, 5.41) is 4.45. The van der Waals surface area contributed by atoms with Crippen LogP contribution in [0.4, 0.5) is 0 Å². The molecular formula is C11H20N4. The van der Waals surface area contributed by atoms with Crippen LogP contribution in [0.25, 0.3) is 0 Å². The van der Waals surface area contributed by atoms with Crippen LogP contribution in [-0.4, -0.2) is 9.78 Å². The van der Waals surface area contributed by atoms with Crippen LogP contribution in [0.1, 0.15) is 43.6 Å². The first-order chi connectivity index (χ1) is 7.24. The molecule has 0 aromatic carbocycles. The van der Waals surface area contributed by atoms with Crippen LogP contribution in [0.5, 0.6) is 0 Å². The quantitative estimate of drug-likeness (QED) is 0.569. The zero-order valence-corrected chi connectivity index (χ0v) is 9.53. The van der Waals surface area contributed by atoms with Crippen LogP contribution >= 0.6 is 0 Å². The van der Waals surface area contributed by atoms with Crippen molar-refractivity contribution in [2.45, 2.75) is 45.7 Å². The first-order valence-electron chi connectivity index (χ1n) is 5.75. The minimum Gasteiger partial charge on any atom is -0.271 e. The third kappa shape index (κ3) is 2.38. The van der Waals surface area contributed by atoms with E-state index in [2.05, 4.69) is 23.5 Å². The Kier molecular flexibility index (Phi) is 3.07. The molecule has 15 heavy (non-hydrogen) atoms. The van der Waals surface area contributed by atoms with Gasteiger partial charge in [-0.1, -0.05) is 12.8 Å². The smallest absolute Gasteiger partial charge is 0.0631 e. The first kappa shape index (κ1) is 10.6. The molecule has 0 spiro atoms. The van der Waals surface area contributed by atoms with Crippen molar-refractivity contribution in [1.29, 1.82) is 0 Å². The van der Waals surface area contributed by atoms with E-state index in [9.17, 15) is 0 Å². The highest BCUT2D eigenvalue weighted by Crippen LogP contribution is 2.37. The molecule has 1 fully saturated rings. The van der Waals surface area contributed by atoms with E-state index in [0.29, 0.717) is 0 Å². The van der Waals surface area contributed by atoms with Gasteiger partial charge >= 0.3 is 0 Å². The van der Waals surface area contributed by atoms with Gasteiger partial charge in [-0.15, -0.1) is 0 Å². The molecule has 1 saturated carbocycles. The van der Waals surface area contributed by atoms with E-state index in [1.54, 1.807) is 0 Å². The third-order valence-electron chi connectivity index (χ3n) is 3.06. The fraction of sp³-hybridized carbons (Fsp3) is 0.727. The Labute approximate surface area is 90.8 Å². The molecule has 0 saturated heterocycles. The molecule has 1 aromatic heterocycles. The summed E-state index contributed by atoms with van der Waals surface area (Å²) in [4.78, 5) is 0. The summed E-state index contributed by atoms with van der Waals surface area (Å²) >= 11 is 0. The van der Waals surface area contributed by atoms with E-state index in [1.165, 1.54) is 18.5 Å². The Balaban J connectivity index is 2.15. The van der Waals surface area contributed by atoms with Gasteiger partial charge in [0.25, 0.3) is 0 Å². The second kappa shape index (κ2) is 4.33. The molecule has 1 aromatic rings. The van der Waals surface area contributed by atoms with E-state index < -0.39 is 0 Å². The summed E-state index contributed by atoms with van der Waals surface area (Å²) in [5.74, 6) is 6.49. The molecule has 0 amide bonds. The summed E-state index contributed by atoms with van der Waals surface area (Å²) in [6.07, 6.45) is 3.86. The van der Waals surface area contributed by atoms with Crippen LogP contribution < -0.4 is 11.3 Å². The van der Waals surface area contributed by atoms with Gasteiger partial charge in [-0.2, -0.15) is 5.10 Å². The molecule has 0 radical (unpaired) electrons. The molecule has 4 heteroatoms. The summed E-state index contributed by atoms with van der Waals surface area (Å²) in [6.45, 7) is 5.05. The van der Waals surface area contributed by atoms with Gasteiger partial charge in [0.05, 0.1) is 17.4 Å². The summed E-state index contributed by atoms with van der Waals surface area (Å²) < 4.78 is 2.04. The maximum Gasteiger partial charge on any atom is 0.0631 e. The number of nitrogens with one attached hydrogen (secondary N) is 1. The first-order valence-corrected chi connectivity index (χ1v) is 5.75. The molecule has 1 aliphatic rings. The average Bonchev–Trinajstić information content (AvgIpc) is 2.97. The fourth-order valence-electron chi connectivity index (χ4n) is 2.06. The minimum atomic E-state index is 0.263. The average molecular weight is 208 g/mol. The van der Waals surface area contributed by atoms with Crippen molar-refractivity contribution in [1.82, 2.24) is 15.2 Å². The van der Waals surface area contributed by atoms with E-state index >= 15 is 0 Å². The summed E-state index contributed by atoms with van der Waals surface area (Å²) in [6, 6.07) is 2.40. The number of aryl methyl sites for hydroxylation is 2. The molecule has 84 valence electrons. The van der Waals surface area contributed by atoms with Gasteiger partial charge in [0.1, 0.15) is 0 Å². The third-order valence-corrected chi connectivity index (χ3v) is 3.06. The molecule has 1 heterocycles. The van der Waals surface area contributed by atoms with Crippen molar-refractivity contribution in [3.05, 3.63) is 17.5 Å². The van der Waals surface area contributed by atoms with Crippen LogP contribution in [0, 0.1) is 12.8 Å². The fourth-order valence-corrected chi connectivity index (χ4v) is 2.06. The number of nitrogens with two attached hydrogens (primary N) is 1. The predicted molar refractivity (Wildman–Crippen MR) is 60.0 cm³/mol. The van der Waals surface area contributed by atoms with Crippen molar-refractivity contribution in [3.63, 3.8) is 0 Å². The summed E-state index contributed by atoms with van der Waals surface area (Å²) in [5.41, 5.74) is 5.22. The standard InChI is InChI=1S/C11H20N4/c1-3-15-11(6-8(2)14-15)10(13-12)7-9-4-5-9/h6,9-10,13H,3-5,7,12H2,1-2H3. The van der Waals surface area contributed by atoms with Gasteiger partial charge in [-0.3, -0.25) is 16.0 Å². The highest BCUT2D eigenvalue weighted by Gasteiger charge is 2.27. The lowest BCUT2D eigenvalue weighted by atomic mass is 10.1. The monoisotopic (exact) mass is 208 g/mol. The van der Waals surface area contributed by atoms with Crippen LogP contribution in [0.3, 0.4) is 0 Å². The second-order valence-electron chi connectivity index (χ2n) is 4.42. The molecule has 0 aliphatic heterocycles. The van der Waals surface area contributed by atoms with Crippen molar-refractivity contribution in [2.75, 3.05) is 0 Å². The lowest BCUT2D eigenvalue weighted by Crippen LogP contribution is -2.30. The normalized spacial score (nSPS) is 18.1. The summed E-state index contributed by atoms with van der Waals surface area (Å²) in [7, 11) is 0. The molecule has 0 bridgehead atoms. The van der Waals surface area contributed by atoms with Gasteiger partial charge < -0.3 is 0 Å². The number of hydrogen-bond acceptors (Lipinski definition) is 3. The lowest BCUT2D eigenvalue weighted by Gasteiger charge is -2.16. The minimum absolute atomic E-state index is 0.263. The molecule has 1 unspecified atom stereocenters. The SMILES string of the molecule is CCn1nc(C)cc1C(CC1CC1)NN. The Bertz CT molecular complexity index is 327. The Morgan fingerprint density at radius 3 is 2.93 bits per heavy atom. The van der Waals surface area contributed by atoms with Gasteiger partial charge in [-0.25, -0.2) is 0 Å². The van der Waals surface area contributed by atoms with Crippen molar-refractivity contribution >= 4 is 0 Å². The van der Waals surface area contributed by atoms with E-state index in [-0.39, 0.29) is 6.04 Å². The number of nitrogens with zero attached hydrogens (tertiary/aromatic N) is 2. The van der Waals surface area contributed by atoms with Crippen LogP contribution in [-0.2, 0) is 6.54 Å². The van der Waals surface area contributed by atoms with Crippen molar-refractivity contribution in [3.8, 4) is 0 Å². The number of rotatable bonds is 5. The molecule has 1 atom stereocenters. The Hall–Kier alpha value is -0.870. The second-order valence-corrected chi connectivity index (χ2v) is 4.42. The number of aromatic nitrogens is 2. The molecule has 1 aliphatic carbocycles. The van der Waals surface area contributed by atoms with Gasteiger partial charge in [0, 0.05) is 6.54 Å². The molecular weight excluding hydrogens is 188 g/mol. The van der Waals surface area contributed by atoms with E-state index in [0.717, 1.165) is 24.6 Å². The predicted octanol–water partition coefficient (Wildman–Crippen LogP) is 1.52. The topological polar surface area (TPSA) is 55.9 Å². The van der Waals surface area contributed by atoms with E-state index in [4.69, 9.17) is 5.84 Å². The number of hydrazine groups is 1. The van der Waals surface area contributed by atoms with E-state index in [1.807, 2.05) is 11.6 Å². The van der Waals surface area contributed by atoms with Crippen molar-refractivity contribution < 1.29 is 0 Å². The highest BCUT2D eigenvalue weighted by atomic mass is 15.3. The largest absolute Gasteiger partial charge is 0.271 e. The van der Waals surface area contributed by atoms with Crippen LogP contribution in [0.15, 0.2) is 6.07 Å². The Morgan fingerprint density at radius 2 is 2.40 bits per heavy atom.